The first kappa shape index (κ1) is 12.2. The Kier molecular flexibility index (Phi) is 3.39. The second-order valence-electron chi connectivity index (χ2n) is 5.15. The maximum atomic E-state index is 11.8. The van der Waals surface area contributed by atoms with E-state index in [0.717, 1.165) is 31.9 Å². The third-order valence-corrected chi connectivity index (χ3v) is 5.28. The van der Waals surface area contributed by atoms with Crippen molar-refractivity contribution < 1.29 is 9.53 Å². The quantitative estimate of drug-likeness (QED) is 0.787. The van der Waals surface area contributed by atoms with Crippen LogP contribution in [0.5, 0.6) is 0 Å². The van der Waals surface area contributed by atoms with Crippen LogP contribution >= 0.6 is 11.3 Å². The molecule has 0 radical (unpaired) electrons. The molecule has 0 unspecified atom stereocenters. The number of anilines is 1. The van der Waals surface area contributed by atoms with E-state index in [-0.39, 0.29) is 5.78 Å². The van der Waals surface area contributed by atoms with Gasteiger partial charge in [0.15, 0.2) is 5.78 Å². The molecule has 0 N–H and O–H groups in total. The van der Waals surface area contributed by atoms with Crippen LogP contribution in [0.1, 0.15) is 47.3 Å². The van der Waals surface area contributed by atoms with Crippen LogP contribution in [0.2, 0.25) is 0 Å². The molecular formula is C14H19NO2S. The van der Waals surface area contributed by atoms with Crippen molar-refractivity contribution in [1.29, 1.82) is 0 Å². The largest absolute Gasteiger partial charge is 0.378 e. The van der Waals surface area contributed by atoms with Gasteiger partial charge in [0.25, 0.3) is 0 Å². The summed E-state index contributed by atoms with van der Waals surface area (Å²) in [6.45, 7) is 5.04. The molecule has 0 bridgehead atoms. The summed E-state index contributed by atoms with van der Waals surface area (Å²) in [7, 11) is 0. The number of carbonyl (C=O) groups is 1. The van der Waals surface area contributed by atoms with Crippen LogP contribution in [0.15, 0.2) is 6.07 Å². The van der Waals surface area contributed by atoms with E-state index in [1.54, 1.807) is 6.92 Å². The van der Waals surface area contributed by atoms with Crippen LogP contribution in [-0.2, 0) is 4.74 Å². The summed E-state index contributed by atoms with van der Waals surface area (Å²) in [5.74, 6) is 0.904. The van der Waals surface area contributed by atoms with E-state index in [1.807, 2.05) is 11.3 Å². The van der Waals surface area contributed by atoms with Crippen LogP contribution < -0.4 is 4.90 Å². The third-order valence-electron chi connectivity index (χ3n) is 3.92. The molecule has 1 aliphatic heterocycles. The molecule has 1 aliphatic carbocycles. The van der Waals surface area contributed by atoms with Crippen molar-refractivity contribution in [3.63, 3.8) is 0 Å². The number of morpholine rings is 1. The molecule has 3 nitrogen and oxygen atoms in total. The third kappa shape index (κ3) is 2.19. The van der Waals surface area contributed by atoms with Gasteiger partial charge in [0.1, 0.15) is 5.00 Å². The average molecular weight is 265 g/mol. The summed E-state index contributed by atoms with van der Waals surface area (Å²) < 4.78 is 5.39. The minimum Gasteiger partial charge on any atom is -0.378 e. The number of ketones is 1. The van der Waals surface area contributed by atoms with Crippen molar-refractivity contribution in [3.8, 4) is 0 Å². The molecule has 4 heteroatoms. The first-order chi connectivity index (χ1) is 8.75. The summed E-state index contributed by atoms with van der Waals surface area (Å²) in [5.41, 5.74) is 0.920. The van der Waals surface area contributed by atoms with Gasteiger partial charge < -0.3 is 9.64 Å². The number of carbonyl (C=O) groups excluding carboxylic acids is 1. The van der Waals surface area contributed by atoms with Crippen LogP contribution in [0.25, 0.3) is 0 Å². The molecule has 2 fully saturated rings. The zero-order valence-corrected chi connectivity index (χ0v) is 11.6. The minimum absolute atomic E-state index is 0.193. The molecule has 0 atom stereocenters. The summed E-state index contributed by atoms with van der Waals surface area (Å²) in [6, 6.07) is 2.14. The zero-order valence-electron chi connectivity index (χ0n) is 10.8. The van der Waals surface area contributed by atoms with Gasteiger partial charge in [-0.15, -0.1) is 11.3 Å². The van der Waals surface area contributed by atoms with Crippen LogP contribution in [0.4, 0.5) is 5.00 Å². The van der Waals surface area contributed by atoms with Crippen molar-refractivity contribution in [3.05, 3.63) is 16.5 Å². The lowest BCUT2D eigenvalue weighted by molar-refractivity contribution is 0.101. The first-order valence-corrected chi connectivity index (χ1v) is 7.54. The molecule has 2 aliphatic rings. The van der Waals surface area contributed by atoms with E-state index in [9.17, 15) is 4.79 Å². The topological polar surface area (TPSA) is 29.5 Å². The van der Waals surface area contributed by atoms with Gasteiger partial charge in [-0.25, -0.2) is 0 Å². The van der Waals surface area contributed by atoms with E-state index < -0.39 is 0 Å². The summed E-state index contributed by atoms with van der Waals surface area (Å²) in [6.07, 6.45) is 3.92. The highest BCUT2D eigenvalue weighted by Crippen LogP contribution is 2.44. The lowest BCUT2D eigenvalue weighted by Crippen LogP contribution is -2.36. The van der Waals surface area contributed by atoms with Gasteiger partial charge in [0.2, 0.25) is 0 Å². The fourth-order valence-electron chi connectivity index (χ4n) is 2.55. The number of rotatable bonds is 3. The Hall–Kier alpha value is -0.870. The molecule has 1 aromatic heterocycles. The lowest BCUT2D eigenvalue weighted by atomic mass is 9.84. The van der Waals surface area contributed by atoms with Crippen molar-refractivity contribution in [2.75, 3.05) is 31.2 Å². The second-order valence-corrected chi connectivity index (χ2v) is 6.21. The Morgan fingerprint density at radius 3 is 2.67 bits per heavy atom. The second kappa shape index (κ2) is 5.02. The first-order valence-electron chi connectivity index (χ1n) is 6.73. The molecule has 1 saturated heterocycles. The van der Waals surface area contributed by atoms with Gasteiger partial charge in [0, 0.05) is 18.0 Å². The van der Waals surface area contributed by atoms with Gasteiger partial charge in [-0.05, 0) is 31.7 Å². The fraction of sp³-hybridized carbons (Fsp3) is 0.643. The van der Waals surface area contributed by atoms with E-state index in [1.165, 1.54) is 29.1 Å². The maximum absolute atomic E-state index is 11.8. The van der Waals surface area contributed by atoms with Gasteiger partial charge in [0.05, 0.1) is 18.8 Å². The highest BCUT2D eigenvalue weighted by Gasteiger charge is 2.26. The predicted molar refractivity (Wildman–Crippen MR) is 73.9 cm³/mol. The van der Waals surface area contributed by atoms with E-state index in [4.69, 9.17) is 4.74 Å². The fourth-order valence-corrected chi connectivity index (χ4v) is 3.97. The normalized spacial score (nSPS) is 20.8. The summed E-state index contributed by atoms with van der Waals surface area (Å²) in [4.78, 5) is 15.5. The van der Waals surface area contributed by atoms with E-state index in [2.05, 4.69) is 11.0 Å². The van der Waals surface area contributed by atoms with Crippen molar-refractivity contribution in [2.24, 2.45) is 0 Å². The van der Waals surface area contributed by atoms with Crippen LogP contribution in [0, 0.1) is 0 Å². The van der Waals surface area contributed by atoms with E-state index in [0.29, 0.717) is 5.92 Å². The number of nitrogens with zero attached hydrogens (tertiary/aromatic N) is 1. The van der Waals surface area contributed by atoms with Crippen molar-refractivity contribution in [2.45, 2.75) is 32.1 Å². The predicted octanol–water partition coefficient (Wildman–Crippen LogP) is 3.05. The molecule has 0 spiro atoms. The molecule has 3 rings (SSSR count). The Morgan fingerprint density at radius 1 is 1.39 bits per heavy atom. The number of hydrogen-bond acceptors (Lipinski definition) is 4. The number of Topliss-reactive ketones (excluding diaryl/α,β-unsaturated/α-hetero) is 1. The molecule has 18 heavy (non-hydrogen) atoms. The van der Waals surface area contributed by atoms with Gasteiger partial charge in [-0.1, -0.05) is 6.42 Å². The molecular weight excluding hydrogens is 246 g/mol. The molecule has 0 aromatic carbocycles. The van der Waals surface area contributed by atoms with Crippen LogP contribution in [0.3, 0.4) is 0 Å². The van der Waals surface area contributed by atoms with Crippen molar-refractivity contribution in [1.82, 2.24) is 0 Å². The molecule has 98 valence electrons. The number of hydrogen-bond donors (Lipinski definition) is 0. The molecule has 1 aromatic rings. The van der Waals surface area contributed by atoms with Gasteiger partial charge in [-0.3, -0.25) is 4.79 Å². The lowest BCUT2D eigenvalue weighted by Gasteiger charge is -2.28. The molecule has 1 saturated carbocycles. The summed E-state index contributed by atoms with van der Waals surface area (Å²) in [5, 5.41) is 1.17. The van der Waals surface area contributed by atoms with Crippen molar-refractivity contribution >= 4 is 22.1 Å². The zero-order chi connectivity index (χ0) is 12.5. The Morgan fingerprint density at radius 2 is 2.11 bits per heavy atom. The maximum Gasteiger partial charge on any atom is 0.162 e. The Labute approximate surface area is 112 Å². The number of thiophene rings is 1. The smallest absolute Gasteiger partial charge is 0.162 e. The Balaban J connectivity index is 1.89. The number of ether oxygens (including phenoxy) is 1. The van der Waals surface area contributed by atoms with Gasteiger partial charge >= 0.3 is 0 Å². The Bertz CT molecular complexity index is 445. The standard InChI is InChI=1S/C14H19NO2S/c1-10(16)12-9-13(11-3-2-4-11)18-14(12)15-5-7-17-8-6-15/h9,11H,2-8H2,1H3. The monoisotopic (exact) mass is 265 g/mol. The van der Waals surface area contributed by atoms with Crippen LogP contribution in [-0.4, -0.2) is 32.1 Å². The molecule has 2 heterocycles. The average Bonchev–Trinajstić information content (AvgIpc) is 2.73. The highest BCUT2D eigenvalue weighted by molar-refractivity contribution is 7.16. The highest BCUT2D eigenvalue weighted by atomic mass is 32.1. The molecule has 0 amide bonds. The van der Waals surface area contributed by atoms with E-state index >= 15 is 0 Å². The SMILES string of the molecule is CC(=O)c1cc(C2CCC2)sc1N1CCOCC1. The van der Waals surface area contributed by atoms with Gasteiger partial charge in [-0.2, -0.15) is 0 Å². The minimum atomic E-state index is 0.193. The summed E-state index contributed by atoms with van der Waals surface area (Å²) >= 11 is 1.83.